The summed E-state index contributed by atoms with van der Waals surface area (Å²) in [6, 6.07) is 17.3. The lowest BCUT2D eigenvalue weighted by atomic mass is 9.85. The fourth-order valence-corrected chi connectivity index (χ4v) is 4.13. The third-order valence-corrected chi connectivity index (χ3v) is 5.74. The maximum absolute atomic E-state index is 12.1. The minimum atomic E-state index is -1.51. The lowest BCUT2D eigenvalue weighted by Crippen LogP contribution is -2.45. The van der Waals surface area contributed by atoms with Gasteiger partial charge < -0.3 is 29.4 Å². The Labute approximate surface area is 188 Å². The second-order valence-electron chi connectivity index (χ2n) is 7.71. The standard InChI is InChI=1S/C25H28N2O5/c1-27(2)25(28)17-12-9-13-18(32-15-16-10-7-6-8-11-16)22(17)26-23-21(25)19(29-3)14-20(30-4)24(23)31-5/h6-14,26,28H,15H2,1-5H3. The Kier molecular flexibility index (Phi) is 5.86. The molecule has 4 rings (SSSR count). The number of rotatable bonds is 7. The second kappa shape index (κ2) is 8.61. The van der Waals surface area contributed by atoms with Crippen LogP contribution in [0.1, 0.15) is 16.7 Å². The van der Waals surface area contributed by atoms with Crippen LogP contribution in [0, 0.1) is 0 Å². The van der Waals surface area contributed by atoms with Crippen LogP contribution in [0.4, 0.5) is 11.4 Å². The third-order valence-electron chi connectivity index (χ3n) is 5.74. The maximum Gasteiger partial charge on any atom is 0.185 e. The molecule has 1 aliphatic rings. The van der Waals surface area contributed by atoms with Crippen molar-refractivity contribution in [3.63, 3.8) is 0 Å². The van der Waals surface area contributed by atoms with Gasteiger partial charge in [-0.25, -0.2) is 0 Å². The molecule has 7 heteroatoms. The molecule has 0 fully saturated rings. The van der Waals surface area contributed by atoms with E-state index in [0.717, 1.165) is 5.56 Å². The Morgan fingerprint density at radius 3 is 2.19 bits per heavy atom. The van der Waals surface area contributed by atoms with Gasteiger partial charge in [0.2, 0.25) is 0 Å². The van der Waals surface area contributed by atoms with Gasteiger partial charge in [0.15, 0.2) is 17.2 Å². The molecule has 0 saturated heterocycles. The second-order valence-corrected chi connectivity index (χ2v) is 7.71. The summed E-state index contributed by atoms with van der Waals surface area (Å²) in [5.74, 6) is 2.04. The van der Waals surface area contributed by atoms with Gasteiger partial charge in [0.05, 0.1) is 38.3 Å². The number of fused-ring (bicyclic) bond motifs is 2. The topological polar surface area (TPSA) is 72.4 Å². The molecule has 3 aromatic carbocycles. The molecule has 0 bridgehead atoms. The number of hydrogen-bond acceptors (Lipinski definition) is 7. The molecule has 1 atom stereocenters. The summed E-state index contributed by atoms with van der Waals surface area (Å²) in [5, 5.41) is 15.5. The Balaban J connectivity index is 1.90. The van der Waals surface area contributed by atoms with Crippen molar-refractivity contribution in [3.05, 3.63) is 71.3 Å². The van der Waals surface area contributed by atoms with E-state index in [2.05, 4.69) is 5.32 Å². The van der Waals surface area contributed by atoms with Gasteiger partial charge in [0.25, 0.3) is 0 Å². The molecule has 32 heavy (non-hydrogen) atoms. The van der Waals surface area contributed by atoms with Gasteiger partial charge in [-0.3, -0.25) is 4.90 Å². The fourth-order valence-electron chi connectivity index (χ4n) is 4.13. The smallest absolute Gasteiger partial charge is 0.185 e. The Bertz CT molecular complexity index is 1120. The Morgan fingerprint density at radius 1 is 0.844 bits per heavy atom. The van der Waals surface area contributed by atoms with Crippen molar-refractivity contribution in [3.8, 4) is 23.0 Å². The van der Waals surface area contributed by atoms with Gasteiger partial charge in [-0.1, -0.05) is 42.5 Å². The highest BCUT2D eigenvalue weighted by atomic mass is 16.5. The lowest BCUT2D eigenvalue weighted by molar-refractivity contribution is -0.0523. The first-order chi connectivity index (χ1) is 15.4. The molecule has 0 amide bonds. The van der Waals surface area contributed by atoms with E-state index in [1.54, 1.807) is 32.3 Å². The molecule has 1 unspecified atom stereocenters. The summed E-state index contributed by atoms with van der Waals surface area (Å²) in [6.45, 7) is 0.394. The van der Waals surface area contributed by atoms with Crippen molar-refractivity contribution in [2.24, 2.45) is 0 Å². The monoisotopic (exact) mass is 436 g/mol. The molecule has 0 radical (unpaired) electrons. The first-order valence-corrected chi connectivity index (χ1v) is 10.3. The quantitative estimate of drug-likeness (QED) is 0.540. The summed E-state index contributed by atoms with van der Waals surface area (Å²) in [5.41, 5.74) is 1.93. The van der Waals surface area contributed by atoms with Crippen molar-refractivity contribution < 1.29 is 24.1 Å². The highest BCUT2D eigenvalue weighted by Crippen LogP contribution is 2.56. The summed E-state index contributed by atoms with van der Waals surface area (Å²) in [4.78, 5) is 1.74. The van der Waals surface area contributed by atoms with Crippen LogP contribution in [0.25, 0.3) is 0 Å². The number of anilines is 2. The molecule has 0 aliphatic carbocycles. The Morgan fingerprint density at radius 2 is 1.56 bits per heavy atom. The number of methoxy groups -OCH3 is 3. The normalized spacial score (nSPS) is 16.6. The van der Waals surface area contributed by atoms with Crippen LogP contribution >= 0.6 is 0 Å². The number of hydrogen-bond donors (Lipinski definition) is 2. The average Bonchev–Trinajstić information content (AvgIpc) is 2.82. The molecule has 0 aromatic heterocycles. The van der Waals surface area contributed by atoms with E-state index < -0.39 is 5.72 Å². The molecule has 0 spiro atoms. The minimum absolute atomic E-state index is 0.394. The van der Waals surface area contributed by atoms with Gasteiger partial charge in [-0.05, 0) is 25.7 Å². The van der Waals surface area contributed by atoms with Crippen molar-refractivity contribution >= 4 is 11.4 Å². The minimum Gasteiger partial charge on any atom is -0.496 e. The van der Waals surface area contributed by atoms with Gasteiger partial charge in [-0.2, -0.15) is 0 Å². The molecule has 3 aromatic rings. The summed E-state index contributed by atoms with van der Waals surface area (Å²) in [7, 11) is 8.31. The highest BCUT2D eigenvalue weighted by Gasteiger charge is 2.46. The molecular formula is C25H28N2O5. The van der Waals surface area contributed by atoms with E-state index in [9.17, 15) is 5.11 Å². The van der Waals surface area contributed by atoms with Crippen LogP contribution in [-0.4, -0.2) is 45.4 Å². The van der Waals surface area contributed by atoms with Crippen LogP contribution in [0.2, 0.25) is 0 Å². The fraction of sp³-hybridized carbons (Fsp3) is 0.280. The van der Waals surface area contributed by atoms with Crippen LogP contribution in [0.5, 0.6) is 23.0 Å². The van der Waals surface area contributed by atoms with E-state index in [4.69, 9.17) is 18.9 Å². The molecule has 1 heterocycles. The molecule has 1 aliphatic heterocycles. The zero-order valence-electron chi connectivity index (χ0n) is 18.9. The van der Waals surface area contributed by atoms with Crippen LogP contribution in [0.15, 0.2) is 54.6 Å². The first kappa shape index (κ1) is 21.8. The van der Waals surface area contributed by atoms with Crippen molar-refractivity contribution in [1.82, 2.24) is 4.90 Å². The van der Waals surface area contributed by atoms with Gasteiger partial charge in [-0.15, -0.1) is 0 Å². The molecule has 2 N–H and O–H groups in total. The summed E-state index contributed by atoms with van der Waals surface area (Å²) < 4.78 is 23.0. The van der Waals surface area contributed by atoms with E-state index in [1.807, 2.05) is 62.6 Å². The number of nitrogens with zero attached hydrogens (tertiary/aromatic N) is 1. The number of para-hydroxylation sites is 1. The maximum atomic E-state index is 12.1. The largest absolute Gasteiger partial charge is 0.496 e. The molecular weight excluding hydrogens is 408 g/mol. The number of nitrogens with one attached hydrogen (secondary N) is 1. The van der Waals surface area contributed by atoms with E-state index in [0.29, 0.717) is 52.1 Å². The highest BCUT2D eigenvalue weighted by molar-refractivity contribution is 5.86. The van der Waals surface area contributed by atoms with Crippen molar-refractivity contribution in [1.29, 1.82) is 0 Å². The van der Waals surface area contributed by atoms with Gasteiger partial charge >= 0.3 is 0 Å². The van der Waals surface area contributed by atoms with Crippen LogP contribution < -0.4 is 24.3 Å². The third kappa shape index (κ3) is 3.39. The predicted octanol–water partition coefficient (Wildman–Crippen LogP) is 4.10. The predicted molar refractivity (Wildman–Crippen MR) is 123 cm³/mol. The zero-order chi connectivity index (χ0) is 22.9. The molecule has 168 valence electrons. The average molecular weight is 437 g/mol. The lowest BCUT2D eigenvalue weighted by Gasteiger charge is -2.42. The SMILES string of the molecule is COc1cc(OC)c2c(c1OC)Nc1c(OCc3ccccc3)cccc1C2(O)N(C)C. The van der Waals surface area contributed by atoms with Crippen molar-refractivity contribution in [2.45, 2.75) is 12.3 Å². The first-order valence-electron chi connectivity index (χ1n) is 10.3. The van der Waals surface area contributed by atoms with E-state index >= 15 is 0 Å². The zero-order valence-corrected chi connectivity index (χ0v) is 18.9. The van der Waals surface area contributed by atoms with Gasteiger partial charge in [0, 0.05) is 11.6 Å². The molecule has 0 saturated carbocycles. The molecule has 7 nitrogen and oxygen atoms in total. The number of ether oxygens (including phenoxy) is 4. The number of aliphatic hydroxyl groups is 1. The number of benzene rings is 3. The van der Waals surface area contributed by atoms with Gasteiger partial charge in [0.1, 0.15) is 18.1 Å². The Hall–Kier alpha value is -3.42. The summed E-state index contributed by atoms with van der Waals surface area (Å²) in [6.07, 6.45) is 0. The van der Waals surface area contributed by atoms with E-state index in [-0.39, 0.29) is 0 Å². The van der Waals surface area contributed by atoms with Crippen LogP contribution in [-0.2, 0) is 12.3 Å². The summed E-state index contributed by atoms with van der Waals surface area (Å²) >= 11 is 0. The van der Waals surface area contributed by atoms with E-state index in [1.165, 1.54) is 0 Å². The van der Waals surface area contributed by atoms with Crippen LogP contribution in [0.3, 0.4) is 0 Å². The van der Waals surface area contributed by atoms with Crippen molar-refractivity contribution in [2.75, 3.05) is 40.7 Å².